The number of hydrogen-bond acceptors (Lipinski definition) is 4. The highest BCUT2D eigenvalue weighted by molar-refractivity contribution is 5.94. The van der Waals surface area contributed by atoms with Gasteiger partial charge in [0.15, 0.2) is 0 Å². The third kappa shape index (κ3) is 3.38. The van der Waals surface area contributed by atoms with Crippen molar-refractivity contribution >= 4 is 5.91 Å². The topological polar surface area (TPSA) is 59.2 Å². The molecular formula is C21H21N3O2. The van der Waals surface area contributed by atoms with Gasteiger partial charge in [-0.05, 0) is 31.9 Å². The molecule has 0 spiro atoms. The van der Waals surface area contributed by atoms with Crippen molar-refractivity contribution in [3.63, 3.8) is 0 Å². The second-order valence-electron chi connectivity index (χ2n) is 6.75. The first-order valence-electron chi connectivity index (χ1n) is 8.95. The first kappa shape index (κ1) is 16.5. The summed E-state index contributed by atoms with van der Waals surface area (Å²) in [5.74, 6) is 1.60. The van der Waals surface area contributed by atoms with E-state index < -0.39 is 0 Å². The molecule has 1 aromatic heterocycles. The van der Waals surface area contributed by atoms with Crippen LogP contribution in [0.5, 0.6) is 0 Å². The van der Waals surface area contributed by atoms with Crippen molar-refractivity contribution in [2.75, 3.05) is 13.1 Å². The Labute approximate surface area is 152 Å². The molecular weight excluding hydrogens is 326 g/mol. The standard InChI is InChI=1S/C21H21N3O2/c1-15-7-9-16(10-8-15)19-22-20(26-23-19)17-11-13-24(14-12-17)21(25)18-5-3-2-4-6-18/h2-10,17H,11-14H2,1H3. The summed E-state index contributed by atoms with van der Waals surface area (Å²) in [6, 6.07) is 17.5. The SMILES string of the molecule is Cc1ccc(-c2noc(C3CCN(C(=O)c4ccccc4)CC3)n2)cc1. The Bertz CT molecular complexity index is 879. The van der Waals surface area contributed by atoms with Crippen LogP contribution < -0.4 is 0 Å². The van der Waals surface area contributed by atoms with Gasteiger partial charge in [0.1, 0.15) is 0 Å². The van der Waals surface area contributed by atoms with Gasteiger partial charge in [0.2, 0.25) is 11.7 Å². The Morgan fingerprint density at radius 2 is 1.73 bits per heavy atom. The molecule has 1 fully saturated rings. The lowest BCUT2D eigenvalue weighted by Crippen LogP contribution is -2.37. The average molecular weight is 347 g/mol. The monoisotopic (exact) mass is 347 g/mol. The van der Waals surface area contributed by atoms with Crippen LogP contribution in [-0.2, 0) is 0 Å². The molecule has 0 atom stereocenters. The molecule has 3 aromatic rings. The number of carbonyl (C=O) groups is 1. The Hall–Kier alpha value is -2.95. The number of benzene rings is 2. The minimum absolute atomic E-state index is 0.0925. The van der Waals surface area contributed by atoms with Crippen LogP contribution in [0, 0.1) is 6.92 Å². The molecule has 1 amide bonds. The third-order valence-electron chi connectivity index (χ3n) is 4.90. The van der Waals surface area contributed by atoms with Crippen LogP contribution in [-0.4, -0.2) is 34.0 Å². The van der Waals surface area contributed by atoms with Crippen molar-refractivity contribution in [3.8, 4) is 11.4 Å². The van der Waals surface area contributed by atoms with E-state index in [0.29, 0.717) is 24.8 Å². The molecule has 1 saturated heterocycles. The summed E-state index contributed by atoms with van der Waals surface area (Å²) < 4.78 is 5.50. The fraction of sp³-hybridized carbons (Fsp3) is 0.286. The van der Waals surface area contributed by atoms with Crippen LogP contribution in [0.3, 0.4) is 0 Å². The van der Waals surface area contributed by atoms with Crippen molar-refractivity contribution in [1.82, 2.24) is 15.0 Å². The van der Waals surface area contributed by atoms with E-state index in [1.807, 2.05) is 59.5 Å². The van der Waals surface area contributed by atoms with Crippen molar-refractivity contribution < 1.29 is 9.32 Å². The Balaban J connectivity index is 1.41. The number of amides is 1. The van der Waals surface area contributed by atoms with Gasteiger partial charge in [0.05, 0.1) is 0 Å². The van der Waals surface area contributed by atoms with Gasteiger partial charge in [0, 0.05) is 30.1 Å². The maximum absolute atomic E-state index is 12.5. The third-order valence-corrected chi connectivity index (χ3v) is 4.90. The second-order valence-corrected chi connectivity index (χ2v) is 6.75. The predicted molar refractivity (Wildman–Crippen MR) is 98.8 cm³/mol. The number of nitrogens with zero attached hydrogens (tertiary/aromatic N) is 3. The van der Waals surface area contributed by atoms with Crippen LogP contribution in [0.15, 0.2) is 59.1 Å². The Morgan fingerprint density at radius 3 is 2.42 bits per heavy atom. The van der Waals surface area contributed by atoms with Crippen molar-refractivity contribution in [1.29, 1.82) is 0 Å². The second kappa shape index (κ2) is 7.12. The number of hydrogen-bond donors (Lipinski definition) is 0. The average Bonchev–Trinajstić information content (AvgIpc) is 3.19. The van der Waals surface area contributed by atoms with Gasteiger partial charge in [-0.2, -0.15) is 4.98 Å². The van der Waals surface area contributed by atoms with E-state index in [2.05, 4.69) is 17.1 Å². The van der Waals surface area contributed by atoms with E-state index in [1.54, 1.807) is 0 Å². The maximum Gasteiger partial charge on any atom is 0.253 e. The molecule has 4 rings (SSSR count). The van der Waals surface area contributed by atoms with Crippen molar-refractivity contribution in [3.05, 3.63) is 71.6 Å². The number of aromatic nitrogens is 2. The van der Waals surface area contributed by atoms with Gasteiger partial charge in [-0.1, -0.05) is 53.2 Å². The zero-order valence-electron chi connectivity index (χ0n) is 14.8. The van der Waals surface area contributed by atoms with Crippen molar-refractivity contribution in [2.45, 2.75) is 25.7 Å². The molecule has 1 aliphatic rings. The number of piperidine rings is 1. The lowest BCUT2D eigenvalue weighted by atomic mass is 9.96. The normalized spacial score (nSPS) is 15.2. The summed E-state index contributed by atoms with van der Waals surface area (Å²) in [6.45, 7) is 3.47. The van der Waals surface area contributed by atoms with Gasteiger partial charge in [-0.25, -0.2) is 0 Å². The largest absolute Gasteiger partial charge is 0.339 e. The Kier molecular flexibility index (Phi) is 4.52. The fourth-order valence-electron chi connectivity index (χ4n) is 3.31. The molecule has 5 heteroatoms. The van der Waals surface area contributed by atoms with E-state index in [1.165, 1.54) is 5.56 Å². The minimum atomic E-state index is 0.0925. The number of aryl methyl sites for hydroxylation is 1. The molecule has 0 radical (unpaired) electrons. The molecule has 2 heterocycles. The molecule has 0 saturated carbocycles. The fourth-order valence-corrected chi connectivity index (χ4v) is 3.31. The van der Waals surface area contributed by atoms with Crippen LogP contribution in [0.1, 0.15) is 40.6 Å². The first-order chi connectivity index (χ1) is 12.7. The summed E-state index contributed by atoms with van der Waals surface area (Å²) in [7, 11) is 0. The summed E-state index contributed by atoms with van der Waals surface area (Å²) in [5.41, 5.74) is 2.90. The van der Waals surface area contributed by atoms with Crippen molar-refractivity contribution in [2.24, 2.45) is 0 Å². The van der Waals surface area contributed by atoms with Crippen LogP contribution in [0.2, 0.25) is 0 Å². The maximum atomic E-state index is 12.5. The zero-order chi connectivity index (χ0) is 17.9. The van der Waals surface area contributed by atoms with Gasteiger partial charge >= 0.3 is 0 Å². The van der Waals surface area contributed by atoms with E-state index >= 15 is 0 Å². The molecule has 0 unspecified atom stereocenters. The predicted octanol–water partition coefficient (Wildman–Crippen LogP) is 4.06. The number of likely N-dealkylation sites (tertiary alicyclic amines) is 1. The van der Waals surface area contributed by atoms with Crippen LogP contribution in [0.4, 0.5) is 0 Å². The highest BCUT2D eigenvalue weighted by Crippen LogP contribution is 2.29. The molecule has 0 N–H and O–H groups in total. The van der Waals surface area contributed by atoms with E-state index in [9.17, 15) is 4.79 Å². The van der Waals surface area contributed by atoms with Gasteiger partial charge in [-0.3, -0.25) is 4.79 Å². The smallest absolute Gasteiger partial charge is 0.253 e. The minimum Gasteiger partial charge on any atom is -0.339 e. The summed E-state index contributed by atoms with van der Waals surface area (Å²) >= 11 is 0. The van der Waals surface area contributed by atoms with Crippen LogP contribution >= 0.6 is 0 Å². The molecule has 0 aliphatic carbocycles. The number of carbonyl (C=O) groups excluding carboxylic acids is 1. The molecule has 2 aromatic carbocycles. The van der Waals surface area contributed by atoms with Gasteiger partial charge < -0.3 is 9.42 Å². The Morgan fingerprint density at radius 1 is 1.04 bits per heavy atom. The lowest BCUT2D eigenvalue weighted by Gasteiger charge is -2.30. The zero-order valence-corrected chi connectivity index (χ0v) is 14.8. The molecule has 1 aliphatic heterocycles. The lowest BCUT2D eigenvalue weighted by molar-refractivity contribution is 0.0704. The summed E-state index contributed by atoms with van der Waals surface area (Å²) in [4.78, 5) is 19.0. The van der Waals surface area contributed by atoms with E-state index in [0.717, 1.165) is 24.0 Å². The highest BCUT2D eigenvalue weighted by atomic mass is 16.5. The highest BCUT2D eigenvalue weighted by Gasteiger charge is 2.28. The van der Waals surface area contributed by atoms with E-state index in [-0.39, 0.29) is 11.8 Å². The first-order valence-corrected chi connectivity index (χ1v) is 8.95. The summed E-state index contributed by atoms with van der Waals surface area (Å²) in [5, 5.41) is 4.13. The quantitative estimate of drug-likeness (QED) is 0.717. The van der Waals surface area contributed by atoms with Gasteiger partial charge in [-0.15, -0.1) is 0 Å². The molecule has 132 valence electrons. The van der Waals surface area contributed by atoms with Crippen LogP contribution in [0.25, 0.3) is 11.4 Å². The number of rotatable bonds is 3. The van der Waals surface area contributed by atoms with Gasteiger partial charge in [0.25, 0.3) is 5.91 Å². The molecule has 26 heavy (non-hydrogen) atoms. The molecule has 5 nitrogen and oxygen atoms in total. The summed E-state index contributed by atoms with van der Waals surface area (Å²) in [6.07, 6.45) is 1.68. The molecule has 0 bridgehead atoms. The van der Waals surface area contributed by atoms with E-state index in [4.69, 9.17) is 4.52 Å².